The summed E-state index contributed by atoms with van der Waals surface area (Å²) in [4.78, 5) is 0.119. The third-order valence-electron chi connectivity index (χ3n) is 2.56. The Morgan fingerprint density at radius 3 is 2.25 bits per heavy atom. The van der Waals surface area contributed by atoms with E-state index < -0.39 is 10.0 Å². The topological polar surface area (TPSA) is 72.2 Å². The number of rotatable bonds is 3. The van der Waals surface area contributed by atoms with E-state index in [0.29, 0.717) is 20.3 Å². The summed E-state index contributed by atoms with van der Waals surface area (Å²) < 4.78 is 28.3. The maximum absolute atomic E-state index is 12.5. The van der Waals surface area contributed by atoms with Crippen molar-refractivity contribution in [2.24, 2.45) is 0 Å². The zero-order valence-corrected chi connectivity index (χ0v) is 14.5. The summed E-state index contributed by atoms with van der Waals surface area (Å²) in [5.74, 6) is 0. The van der Waals surface area contributed by atoms with Crippen LogP contribution in [0.2, 0.25) is 0 Å². The molecule has 0 fully saturated rings. The first-order chi connectivity index (χ1) is 9.29. The fourth-order valence-electron chi connectivity index (χ4n) is 1.75. The van der Waals surface area contributed by atoms with E-state index in [-0.39, 0.29) is 4.90 Å². The molecule has 0 amide bonds. The van der Waals surface area contributed by atoms with Crippen LogP contribution in [0, 0.1) is 6.92 Å². The van der Waals surface area contributed by atoms with Crippen LogP contribution in [0.15, 0.2) is 50.2 Å². The van der Waals surface area contributed by atoms with Crippen LogP contribution in [0.4, 0.5) is 11.4 Å². The molecular weight excluding hydrogens is 408 g/mol. The number of hydrogen-bond donors (Lipinski definition) is 2. The Bertz CT molecular complexity index is 738. The van der Waals surface area contributed by atoms with Gasteiger partial charge in [0.15, 0.2) is 0 Å². The van der Waals surface area contributed by atoms with Crippen LogP contribution in [0.25, 0.3) is 0 Å². The predicted octanol–water partition coefficient (Wildman–Crippen LogP) is 3.90. The van der Waals surface area contributed by atoms with Gasteiger partial charge in [-0.2, -0.15) is 0 Å². The molecule has 0 aliphatic carbocycles. The second kappa shape index (κ2) is 5.75. The lowest BCUT2D eigenvalue weighted by Crippen LogP contribution is -2.14. The third kappa shape index (κ3) is 3.34. The molecule has 7 heteroatoms. The zero-order chi connectivity index (χ0) is 14.9. The lowest BCUT2D eigenvalue weighted by molar-refractivity contribution is 0.600. The first-order valence-electron chi connectivity index (χ1n) is 5.63. The fraction of sp³-hybridized carbons (Fsp3) is 0.0769. The summed E-state index contributed by atoms with van der Waals surface area (Å²) in [5.41, 5.74) is 7.63. The van der Waals surface area contributed by atoms with Crippen LogP contribution in [0.5, 0.6) is 0 Å². The molecule has 0 bridgehead atoms. The van der Waals surface area contributed by atoms with Gasteiger partial charge in [-0.3, -0.25) is 4.72 Å². The van der Waals surface area contributed by atoms with E-state index in [9.17, 15) is 8.42 Å². The van der Waals surface area contributed by atoms with Crippen molar-refractivity contribution in [3.63, 3.8) is 0 Å². The number of nitrogens with one attached hydrogen (secondary N) is 1. The highest BCUT2D eigenvalue weighted by Gasteiger charge is 2.21. The van der Waals surface area contributed by atoms with Crippen molar-refractivity contribution in [3.8, 4) is 0 Å². The molecular formula is C13H12Br2N2O2S. The molecule has 2 rings (SSSR count). The number of halogens is 2. The van der Waals surface area contributed by atoms with Gasteiger partial charge in [0.1, 0.15) is 4.90 Å². The van der Waals surface area contributed by atoms with Gasteiger partial charge in [0, 0.05) is 20.3 Å². The standard InChI is InChI=1S/C13H12Br2N2O2S/c1-8-3-2-4-10(5-8)17-20(18,19)13-11(14)6-9(16)7-12(13)15/h2-7,17H,16H2,1H3. The van der Waals surface area contributed by atoms with E-state index in [0.717, 1.165) is 5.56 Å². The molecule has 106 valence electrons. The maximum atomic E-state index is 12.5. The molecule has 0 unspecified atom stereocenters. The Hall–Kier alpha value is -1.05. The van der Waals surface area contributed by atoms with Gasteiger partial charge < -0.3 is 5.73 Å². The minimum Gasteiger partial charge on any atom is -0.399 e. The van der Waals surface area contributed by atoms with Crippen molar-refractivity contribution in [1.82, 2.24) is 0 Å². The minimum atomic E-state index is -3.71. The molecule has 3 N–H and O–H groups in total. The van der Waals surface area contributed by atoms with Crippen LogP contribution < -0.4 is 10.5 Å². The van der Waals surface area contributed by atoms with Gasteiger partial charge in [-0.25, -0.2) is 8.42 Å². The SMILES string of the molecule is Cc1cccc(NS(=O)(=O)c2c(Br)cc(N)cc2Br)c1. The largest absolute Gasteiger partial charge is 0.399 e. The molecule has 2 aromatic carbocycles. The molecule has 0 radical (unpaired) electrons. The molecule has 0 spiro atoms. The Kier molecular flexibility index (Phi) is 4.41. The van der Waals surface area contributed by atoms with Crippen molar-refractivity contribution in [1.29, 1.82) is 0 Å². The molecule has 2 aromatic rings. The molecule has 0 saturated carbocycles. The van der Waals surface area contributed by atoms with Gasteiger partial charge in [-0.15, -0.1) is 0 Å². The average Bonchev–Trinajstić information content (AvgIpc) is 2.25. The summed E-state index contributed by atoms with van der Waals surface area (Å²) >= 11 is 6.46. The first-order valence-corrected chi connectivity index (χ1v) is 8.70. The fourth-order valence-corrected chi connectivity index (χ4v) is 5.42. The normalized spacial score (nSPS) is 11.3. The summed E-state index contributed by atoms with van der Waals surface area (Å²) in [7, 11) is -3.71. The van der Waals surface area contributed by atoms with Crippen molar-refractivity contribution in [2.75, 3.05) is 10.5 Å². The number of anilines is 2. The maximum Gasteiger partial charge on any atom is 0.264 e. The van der Waals surface area contributed by atoms with Gasteiger partial charge in [-0.1, -0.05) is 12.1 Å². The Labute approximate surface area is 134 Å². The van der Waals surface area contributed by atoms with E-state index in [1.807, 2.05) is 13.0 Å². The summed E-state index contributed by atoms with van der Waals surface area (Å²) in [5, 5.41) is 0. The number of nitrogen functional groups attached to an aromatic ring is 1. The third-order valence-corrected chi connectivity index (χ3v) is 5.82. The highest BCUT2D eigenvalue weighted by molar-refractivity contribution is 9.11. The van der Waals surface area contributed by atoms with E-state index >= 15 is 0 Å². The van der Waals surface area contributed by atoms with E-state index in [2.05, 4.69) is 36.6 Å². The van der Waals surface area contributed by atoms with Gasteiger partial charge in [-0.05, 0) is 68.6 Å². The van der Waals surface area contributed by atoms with Crippen LogP contribution in [0.3, 0.4) is 0 Å². The van der Waals surface area contributed by atoms with E-state index in [1.54, 1.807) is 30.3 Å². The number of hydrogen-bond acceptors (Lipinski definition) is 3. The number of nitrogens with two attached hydrogens (primary N) is 1. The molecule has 0 aromatic heterocycles. The minimum absolute atomic E-state index is 0.119. The van der Waals surface area contributed by atoms with Gasteiger partial charge in [0.2, 0.25) is 0 Å². The Morgan fingerprint density at radius 2 is 1.70 bits per heavy atom. The first kappa shape index (κ1) is 15.3. The van der Waals surface area contributed by atoms with E-state index in [4.69, 9.17) is 5.73 Å². The Morgan fingerprint density at radius 1 is 1.10 bits per heavy atom. The second-order valence-electron chi connectivity index (χ2n) is 4.29. The highest BCUT2D eigenvalue weighted by Crippen LogP contribution is 2.33. The van der Waals surface area contributed by atoms with Crippen LogP contribution in [0.1, 0.15) is 5.56 Å². The molecule has 0 aliphatic rings. The Balaban J connectivity index is 2.46. The highest BCUT2D eigenvalue weighted by atomic mass is 79.9. The van der Waals surface area contributed by atoms with Crippen molar-refractivity contribution in [2.45, 2.75) is 11.8 Å². The van der Waals surface area contributed by atoms with Gasteiger partial charge in [0.05, 0.1) is 0 Å². The van der Waals surface area contributed by atoms with Crippen molar-refractivity contribution < 1.29 is 8.42 Å². The quantitative estimate of drug-likeness (QED) is 0.741. The molecule has 20 heavy (non-hydrogen) atoms. The monoisotopic (exact) mass is 418 g/mol. The molecule has 4 nitrogen and oxygen atoms in total. The zero-order valence-electron chi connectivity index (χ0n) is 10.5. The molecule has 0 saturated heterocycles. The van der Waals surface area contributed by atoms with E-state index in [1.165, 1.54) is 0 Å². The molecule has 0 atom stereocenters. The lowest BCUT2D eigenvalue weighted by Gasteiger charge is -2.12. The second-order valence-corrected chi connectivity index (χ2v) is 7.62. The number of aryl methyl sites for hydroxylation is 1. The van der Waals surface area contributed by atoms with Crippen molar-refractivity contribution >= 4 is 53.3 Å². The smallest absolute Gasteiger partial charge is 0.264 e. The van der Waals surface area contributed by atoms with Gasteiger partial charge in [0.25, 0.3) is 10.0 Å². The summed E-state index contributed by atoms with van der Waals surface area (Å²) in [6.07, 6.45) is 0. The van der Waals surface area contributed by atoms with Gasteiger partial charge >= 0.3 is 0 Å². The predicted molar refractivity (Wildman–Crippen MR) is 88.2 cm³/mol. The number of sulfonamides is 1. The summed E-state index contributed by atoms with van der Waals surface area (Å²) in [6, 6.07) is 10.2. The molecule has 0 aliphatic heterocycles. The van der Waals surface area contributed by atoms with Crippen LogP contribution in [-0.4, -0.2) is 8.42 Å². The summed E-state index contributed by atoms with van der Waals surface area (Å²) in [6.45, 7) is 1.90. The molecule has 0 heterocycles. The van der Waals surface area contributed by atoms with Crippen LogP contribution in [-0.2, 0) is 10.0 Å². The van der Waals surface area contributed by atoms with Crippen LogP contribution >= 0.6 is 31.9 Å². The average molecular weight is 420 g/mol. The van der Waals surface area contributed by atoms with Crippen molar-refractivity contribution in [3.05, 3.63) is 50.9 Å². The lowest BCUT2D eigenvalue weighted by atomic mass is 10.2. The number of benzene rings is 2.